The van der Waals surface area contributed by atoms with Gasteiger partial charge >= 0.3 is 0 Å². The van der Waals surface area contributed by atoms with Crippen LogP contribution in [0.2, 0.25) is 0 Å². The van der Waals surface area contributed by atoms with Crippen LogP contribution in [0.1, 0.15) is 44.9 Å². The number of terminal acetylenes is 1. The first-order valence-electron chi connectivity index (χ1n) is 10.0. The quantitative estimate of drug-likeness (QED) is 0.683. The normalized spacial score (nSPS) is 19.6. The van der Waals surface area contributed by atoms with E-state index in [1.165, 1.54) is 6.42 Å². The van der Waals surface area contributed by atoms with Gasteiger partial charge in [-0.15, -0.1) is 6.42 Å². The van der Waals surface area contributed by atoms with Crippen LogP contribution < -0.4 is 0 Å². The summed E-state index contributed by atoms with van der Waals surface area (Å²) < 4.78 is 54.0. The fourth-order valence-corrected chi connectivity index (χ4v) is 5.82. The lowest BCUT2D eigenvalue weighted by Gasteiger charge is -2.38. The number of hydrogen-bond acceptors (Lipinski definition) is 3. The maximum atomic E-state index is 14.0. The fourth-order valence-electron chi connectivity index (χ4n) is 4.27. The Balaban J connectivity index is 1.68. The average molecular weight is 425 g/mol. The minimum Gasteiger partial charge on any atom is -0.328 e. The molecule has 1 aliphatic carbocycles. The van der Waals surface area contributed by atoms with Crippen LogP contribution in [0.3, 0.4) is 0 Å². The monoisotopic (exact) mass is 424 g/mol. The number of carbonyl (C=O) groups is 1. The van der Waals surface area contributed by atoms with Crippen molar-refractivity contribution in [2.75, 3.05) is 19.6 Å². The van der Waals surface area contributed by atoms with E-state index in [-0.39, 0.29) is 37.5 Å². The first-order valence-corrected chi connectivity index (χ1v) is 11.5. The van der Waals surface area contributed by atoms with Gasteiger partial charge in [0, 0.05) is 25.0 Å². The number of sulfonamides is 1. The van der Waals surface area contributed by atoms with E-state index in [4.69, 9.17) is 6.42 Å². The van der Waals surface area contributed by atoms with Crippen LogP contribution in [0, 0.1) is 29.9 Å². The largest absolute Gasteiger partial charge is 0.328 e. The molecule has 0 N–H and O–H groups in total. The van der Waals surface area contributed by atoms with Crippen molar-refractivity contribution in [3.05, 3.63) is 29.8 Å². The zero-order valence-electron chi connectivity index (χ0n) is 16.3. The van der Waals surface area contributed by atoms with Crippen molar-refractivity contribution in [3.63, 3.8) is 0 Å². The molecule has 0 spiro atoms. The highest BCUT2D eigenvalue weighted by atomic mass is 32.2. The third kappa shape index (κ3) is 4.78. The molecule has 158 valence electrons. The Hall–Kier alpha value is -1.98. The summed E-state index contributed by atoms with van der Waals surface area (Å²) >= 11 is 0. The van der Waals surface area contributed by atoms with Crippen molar-refractivity contribution >= 4 is 15.9 Å². The first-order chi connectivity index (χ1) is 13.8. The Labute approximate surface area is 171 Å². The predicted octanol–water partition coefficient (Wildman–Crippen LogP) is 3.16. The second-order valence-corrected chi connectivity index (χ2v) is 9.62. The van der Waals surface area contributed by atoms with Gasteiger partial charge in [0.15, 0.2) is 0 Å². The molecule has 1 saturated carbocycles. The molecule has 2 fully saturated rings. The van der Waals surface area contributed by atoms with Gasteiger partial charge in [-0.2, -0.15) is 4.31 Å². The third-order valence-corrected chi connectivity index (χ3v) is 7.79. The van der Waals surface area contributed by atoms with Crippen LogP contribution in [0.15, 0.2) is 23.1 Å². The summed E-state index contributed by atoms with van der Waals surface area (Å²) in [6.45, 7) is 0.434. The molecule has 5 nitrogen and oxygen atoms in total. The third-order valence-electron chi connectivity index (χ3n) is 5.87. The molecule has 1 aliphatic heterocycles. The molecule has 0 bridgehead atoms. The summed E-state index contributed by atoms with van der Waals surface area (Å²) in [5, 5.41) is 0. The molecule has 1 heterocycles. The maximum absolute atomic E-state index is 14.0. The van der Waals surface area contributed by atoms with Crippen LogP contribution in [-0.4, -0.2) is 49.2 Å². The van der Waals surface area contributed by atoms with Gasteiger partial charge in [0.2, 0.25) is 15.9 Å². The molecule has 3 rings (SSSR count). The van der Waals surface area contributed by atoms with Crippen LogP contribution in [0.4, 0.5) is 8.78 Å². The summed E-state index contributed by atoms with van der Waals surface area (Å²) in [5.74, 6) is 0.441. The highest BCUT2D eigenvalue weighted by Gasteiger charge is 2.36. The number of benzene rings is 1. The molecule has 0 radical (unpaired) electrons. The standard InChI is InChI=1S/C21H26F2N2O3S/c1-2-12-25(18-6-4-3-5-7-18)21(26)16-10-13-24(14-11-16)29(27,28)20-15-17(22)8-9-19(20)23/h1,8-9,15-16,18H,3-7,10-14H2. The van der Waals surface area contributed by atoms with E-state index in [9.17, 15) is 22.0 Å². The molecule has 1 aromatic carbocycles. The lowest BCUT2D eigenvalue weighted by atomic mass is 9.91. The van der Waals surface area contributed by atoms with Crippen LogP contribution in [0.5, 0.6) is 0 Å². The topological polar surface area (TPSA) is 57.7 Å². The molecule has 1 amide bonds. The number of amides is 1. The predicted molar refractivity (Wildman–Crippen MR) is 105 cm³/mol. The molecule has 29 heavy (non-hydrogen) atoms. The fraction of sp³-hybridized carbons (Fsp3) is 0.571. The van der Waals surface area contributed by atoms with E-state index in [0.717, 1.165) is 42.1 Å². The molecule has 0 atom stereocenters. The molecule has 2 aliphatic rings. The molecule has 0 unspecified atom stereocenters. The van der Waals surface area contributed by atoms with Crippen LogP contribution >= 0.6 is 0 Å². The maximum Gasteiger partial charge on any atom is 0.246 e. The molecular formula is C21H26F2N2O3S. The van der Waals surface area contributed by atoms with E-state index in [0.29, 0.717) is 18.9 Å². The molecular weight excluding hydrogens is 398 g/mol. The number of halogens is 2. The van der Waals surface area contributed by atoms with Crippen molar-refractivity contribution in [1.29, 1.82) is 0 Å². The minimum absolute atomic E-state index is 0.0242. The smallest absolute Gasteiger partial charge is 0.246 e. The number of hydrogen-bond donors (Lipinski definition) is 0. The van der Waals surface area contributed by atoms with Gasteiger partial charge in [-0.1, -0.05) is 25.2 Å². The summed E-state index contributed by atoms with van der Waals surface area (Å²) in [5.41, 5.74) is 0. The molecule has 0 aromatic heterocycles. The Morgan fingerprint density at radius 2 is 1.79 bits per heavy atom. The van der Waals surface area contributed by atoms with Gasteiger partial charge in [0.05, 0.1) is 6.54 Å². The summed E-state index contributed by atoms with van der Waals surface area (Å²) in [6, 6.07) is 2.53. The Morgan fingerprint density at radius 3 is 2.41 bits per heavy atom. The number of rotatable bonds is 5. The summed E-state index contributed by atoms with van der Waals surface area (Å²) in [7, 11) is -4.15. The summed E-state index contributed by atoms with van der Waals surface area (Å²) in [4.78, 5) is 14.2. The molecule has 8 heteroatoms. The van der Waals surface area contributed by atoms with E-state index in [1.54, 1.807) is 4.90 Å². The van der Waals surface area contributed by atoms with E-state index in [1.807, 2.05) is 0 Å². The van der Waals surface area contributed by atoms with Gasteiger partial charge in [0.25, 0.3) is 0 Å². The average Bonchev–Trinajstić information content (AvgIpc) is 2.74. The Bertz CT molecular complexity index is 884. The zero-order valence-corrected chi connectivity index (χ0v) is 17.1. The highest BCUT2D eigenvalue weighted by molar-refractivity contribution is 7.89. The zero-order chi connectivity index (χ0) is 21.0. The number of piperidine rings is 1. The van der Waals surface area contributed by atoms with Gasteiger partial charge in [-0.05, 0) is 43.9 Å². The number of carbonyl (C=O) groups excluding carboxylic acids is 1. The first kappa shape index (κ1) is 21.7. The van der Waals surface area contributed by atoms with E-state index in [2.05, 4.69) is 5.92 Å². The summed E-state index contributed by atoms with van der Waals surface area (Å²) in [6.07, 6.45) is 11.4. The van der Waals surface area contributed by atoms with Crippen molar-refractivity contribution < 1.29 is 22.0 Å². The second kappa shape index (κ2) is 9.23. The Morgan fingerprint density at radius 1 is 1.14 bits per heavy atom. The lowest BCUT2D eigenvalue weighted by molar-refractivity contribution is -0.139. The minimum atomic E-state index is -4.15. The number of nitrogens with zero attached hydrogens (tertiary/aromatic N) is 2. The highest BCUT2D eigenvalue weighted by Crippen LogP contribution is 2.29. The van der Waals surface area contributed by atoms with Gasteiger partial charge in [-0.25, -0.2) is 17.2 Å². The van der Waals surface area contributed by atoms with Crippen molar-refractivity contribution in [2.24, 2.45) is 5.92 Å². The second-order valence-electron chi connectivity index (χ2n) is 7.72. The van der Waals surface area contributed by atoms with Crippen molar-refractivity contribution in [3.8, 4) is 12.3 Å². The van der Waals surface area contributed by atoms with E-state index < -0.39 is 26.6 Å². The van der Waals surface area contributed by atoms with Gasteiger partial charge in [-0.3, -0.25) is 4.79 Å². The van der Waals surface area contributed by atoms with E-state index >= 15 is 0 Å². The van der Waals surface area contributed by atoms with Crippen LogP contribution in [0.25, 0.3) is 0 Å². The van der Waals surface area contributed by atoms with Gasteiger partial charge < -0.3 is 4.90 Å². The van der Waals surface area contributed by atoms with Crippen LogP contribution in [-0.2, 0) is 14.8 Å². The van der Waals surface area contributed by atoms with Crippen molar-refractivity contribution in [1.82, 2.24) is 9.21 Å². The van der Waals surface area contributed by atoms with Gasteiger partial charge in [0.1, 0.15) is 16.5 Å². The molecule has 1 aromatic rings. The Kier molecular flexibility index (Phi) is 6.91. The SMILES string of the molecule is C#CCN(C(=O)C1CCN(S(=O)(=O)c2cc(F)ccc2F)CC1)C1CCCCC1. The molecule has 1 saturated heterocycles. The lowest BCUT2D eigenvalue weighted by Crippen LogP contribution is -2.48. The van der Waals surface area contributed by atoms with Crippen molar-refractivity contribution in [2.45, 2.75) is 55.9 Å².